The lowest BCUT2D eigenvalue weighted by atomic mass is 10.1. The van der Waals surface area contributed by atoms with Crippen LogP contribution in [0.2, 0.25) is 0 Å². The number of carbonyl (C=O) groups excluding carboxylic acids is 1. The van der Waals surface area contributed by atoms with Crippen LogP contribution in [-0.4, -0.2) is 41.3 Å². The van der Waals surface area contributed by atoms with E-state index in [1.165, 1.54) is 12.8 Å². The van der Waals surface area contributed by atoms with Crippen LogP contribution in [-0.2, 0) is 0 Å². The molecule has 2 saturated heterocycles. The first-order valence-corrected chi connectivity index (χ1v) is 6.37. The Bertz CT molecular complexity index is 446. The number of amides is 1. The van der Waals surface area contributed by atoms with Gasteiger partial charge in [0.15, 0.2) is 11.5 Å². The number of aromatic nitrogens is 2. The van der Waals surface area contributed by atoms with Crippen molar-refractivity contribution in [2.45, 2.75) is 31.3 Å². The number of primary amides is 1. The summed E-state index contributed by atoms with van der Waals surface area (Å²) < 4.78 is 0. The Morgan fingerprint density at radius 3 is 2.83 bits per heavy atom. The molecule has 3 N–H and O–H groups in total. The molecule has 2 aliphatic rings. The van der Waals surface area contributed by atoms with Crippen LogP contribution in [0, 0.1) is 0 Å². The van der Waals surface area contributed by atoms with Gasteiger partial charge in [0.2, 0.25) is 0 Å². The lowest BCUT2D eigenvalue weighted by Gasteiger charge is -2.24. The van der Waals surface area contributed by atoms with Crippen LogP contribution in [0.5, 0.6) is 0 Å². The fourth-order valence-electron chi connectivity index (χ4n) is 2.78. The molecule has 3 heterocycles. The second-order valence-corrected chi connectivity index (χ2v) is 5.01. The third-order valence-electron chi connectivity index (χ3n) is 3.75. The largest absolute Gasteiger partial charge is 0.364 e. The number of fused-ring (bicyclic) bond motifs is 2. The maximum atomic E-state index is 10.9. The van der Waals surface area contributed by atoms with Crippen LogP contribution in [0.3, 0.4) is 0 Å². The van der Waals surface area contributed by atoms with E-state index in [-0.39, 0.29) is 5.69 Å². The third kappa shape index (κ3) is 2.15. The van der Waals surface area contributed by atoms with Crippen molar-refractivity contribution in [1.82, 2.24) is 15.5 Å². The first kappa shape index (κ1) is 11.4. The fourth-order valence-corrected chi connectivity index (χ4v) is 2.78. The number of nitrogens with two attached hydrogens (primary N) is 1. The molecule has 96 valence electrons. The van der Waals surface area contributed by atoms with Gasteiger partial charge in [0.05, 0.1) is 0 Å². The molecule has 1 aromatic heterocycles. The Kier molecular flexibility index (Phi) is 2.87. The maximum Gasteiger partial charge on any atom is 0.269 e. The zero-order valence-electron chi connectivity index (χ0n) is 10.2. The predicted molar refractivity (Wildman–Crippen MR) is 67.3 cm³/mol. The Hall–Kier alpha value is -1.69. The summed E-state index contributed by atoms with van der Waals surface area (Å²) in [6.45, 7) is 1.94. The first-order valence-electron chi connectivity index (χ1n) is 6.37. The SMILES string of the molecule is NC(=O)c1ccc(N2CCC3CCC(C2)N3)nn1. The molecule has 2 bridgehead atoms. The van der Waals surface area contributed by atoms with Gasteiger partial charge < -0.3 is 16.0 Å². The van der Waals surface area contributed by atoms with E-state index in [9.17, 15) is 4.79 Å². The molecule has 6 heteroatoms. The number of carbonyl (C=O) groups is 1. The quantitative estimate of drug-likeness (QED) is 0.763. The average Bonchev–Trinajstić information content (AvgIpc) is 2.69. The number of nitrogens with zero attached hydrogens (tertiary/aromatic N) is 3. The molecule has 0 radical (unpaired) electrons. The van der Waals surface area contributed by atoms with Crippen LogP contribution in [0.4, 0.5) is 5.82 Å². The van der Waals surface area contributed by atoms with Gasteiger partial charge in [-0.25, -0.2) is 0 Å². The molecule has 3 rings (SSSR count). The molecule has 2 aliphatic heterocycles. The minimum Gasteiger partial charge on any atom is -0.364 e. The summed E-state index contributed by atoms with van der Waals surface area (Å²) in [5.74, 6) is 0.292. The van der Waals surface area contributed by atoms with Gasteiger partial charge in [0, 0.05) is 25.2 Å². The molecule has 0 spiro atoms. The average molecular weight is 247 g/mol. The topological polar surface area (TPSA) is 84.1 Å². The van der Waals surface area contributed by atoms with Crippen molar-refractivity contribution in [1.29, 1.82) is 0 Å². The molecule has 1 aromatic rings. The van der Waals surface area contributed by atoms with Crippen molar-refractivity contribution in [3.63, 3.8) is 0 Å². The summed E-state index contributed by atoms with van der Waals surface area (Å²) in [7, 11) is 0. The fraction of sp³-hybridized carbons (Fsp3) is 0.583. The highest BCUT2D eigenvalue weighted by molar-refractivity contribution is 5.90. The molecule has 1 amide bonds. The minimum atomic E-state index is -0.536. The van der Waals surface area contributed by atoms with Crippen molar-refractivity contribution in [3.05, 3.63) is 17.8 Å². The smallest absolute Gasteiger partial charge is 0.269 e. The molecule has 0 saturated carbocycles. The molecule has 2 atom stereocenters. The van der Waals surface area contributed by atoms with Crippen molar-refractivity contribution in [2.75, 3.05) is 18.0 Å². The van der Waals surface area contributed by atoms with Crippen LogP contribution < -0.4 is 16.0 Å². The number of anilines is 1. The Balaban J connectivity index is 1.75. The number of nitrogens with one attached hydrogen (secondary N) is 1. The van der Waals surface area contributed by atoms with E-state index in [4.69, 9.17) is 5.73 Å². The summed E-state index contributed by atoms with van der Waals surface area (Å²) in [4.78, 5) is 13.2. The van der Waals surface area contributed by atoms with E-state index in [0.717, 1.165) is 25.3 Å². The van der Waals surface area contributed by atoms with Crippen molar-refractivity contribution in [3.8, 4) is 0 Å². The normalized spacial score (nSPS) is 27.0. The van der Waals surface area contributed by atoms with Gasteiger partial charge >= 0.3 is 0 Å². The lowest BCUT2D eigenvalue weighted by molar-refractivity contribution is 0.0994. The number of hydrogen-bond acceptors (Lipinski definition) is 5. The molecule has 6 nitrogen and oxygen atoms in total. The maximum absolute atomic E-state index is 10.9. The number of rotatable bonds is 2. The minimum absolute atomic E-state index is 0.216. The zero-order chi connectivity index (χ0) is 12.5. The van der Waals surface area contributed by atoms with Crippen LogP contribution in [0.15, 0.2) is 12.1 Å². The summed E-state index contributed by atoms with van der Waals surface area (Å²) in [5.41, 5.74) is 5.37. The van der Waals surface area contributed by atoms with Crippen molar-refractivity contribution < 1.29 is 4.79 Å². The van der Waals surface area contributed by atoms with Crippen LogP contribution in [0.25, 0.3) is 0 Å². The second-order valence-electron chi connectivity index (χ2n) is 5.01. The molecule has 0 aromatic carbocycles. The first-order chi connectivity index (χ1) is 8.72. The van der Waals surface area contributed by atoms with Crippen molar-refractivity contribution >= 4 is 11.7 Å². The lowest BCUT2D eigenvalue weighted by Crippen LogP contribution is -2.35. The zero-order valence-corrected chi connectivity index (χ0v) is 10.2. The standard InChI is InChI=1S/C12H17N5O/c13-12(18)10-3-4-11(16-15-10)17-6-5-8-1-2-9(7-17)14-8/h3-4,8-9,14H,1-2,5-7H2,(H2,13,18). The summed E-state index contributed by atoms with van der Waals surface area (Å²) >= 11 is 0. The van der Waals surface area contributed by atoms with Crippen LogP contribution >= 0.6 is 0 Å². The highest BCUT2D eigenvalue weighted by Gasteiger charge is 2.29. The predicted octanol–water partition coefficient (Wildman–Crippen LogP) is -0.0938. The van der Waals surface area contributed by atoms with Gasteiger partial charge in [-0.15, -0.1) is 10.2 Å². The summed E-state index contributed by atoms with van der Waals surface area (Å²) in [5, 5.41) is 11.6. The van der Waals surface area contributed by atoms with E-state index in [1.54, 1.807) is 6.07 Å². The Morgan fingerprint density at radius 2 is 2.11 bits per heavy atom. The van der Waals surface area contributed by atoms with Gasteiger partial charge in [0.25, 0.3) is 5.91 Å². The van der Waals surface area contributed by atoms with E-state index in [1.807, 2.05) is 6.07 Å². The molecule has 0 aliphatic carbocycles. The Labute approximate surface area is 106 Å². The van der Waals surface area contributed by atoms with Gasteiger partial charge in [-0.3, -0.25) is 4.79 Å². The monoisotopic (exact) mass is 247 g/mol. The van der Waals surface area contributed by atoms with E-state index in [2.05, 4.69) is 20.4 Å². The van der Waals surface area contributed by atoms with E-state index < -0.39 is 5.91 Å². The molecule has 2 unspecified atom stereocenters. The van der Waals surface area contributed by atoms with E-state index >= 15 is 0 Å². The summed E-state index contributed by atoms with van der Waals surface area (Å²) in [6, 6.07) is 4.67. The van der Waals surface area contributed by atoms with Gasteiger partial charge in [-0.05, 0) is 31.4 Å². The molecule has 18 heavy (non-hydrogen) atoms. The second kappa shape index (κ2) is 4.53. The number of hydrogen-bond donors (Lipinski definition) is 2. The van der Waals surface area contributed by atoms with Crippen LogP contribution in [0.1, 0.15) is 29.8 Å². The van der Waals surface area contributed by atoms with Crippen molar-refractivity contribution in [2.24, 2.45) is 5.73 Å². The summed E-state index contributed by atoms with van der Waals surface area (Å²) in [6.07, 6.45) is 3.65. The van der Waals surface area contributed by atoms with Gasteiger partial charge in [-0.2, -0.15) is 0 Å². The third-order valence-corrected chi connectivity index (χ3v) is 3.75. The molecular formula is C12H17N5O. The molecule has 2 fully saturated rings. The molecular weight excluding hydrogens is 230 g/mol. The van der Waals surface area contributed by atoms with E-state index in [0.29, 0.717) is 12.1 Å². The Morgan fingerprint density at radius 1 is 1.28 bits per heavy atom. The highest BCUT2D eigenvalue weighted by atomic mass is 16.1. The highest BCUT2D eigenvalue weighted by Crippen LogP contribution is 2.23. The van der Waals surface area contributed by atoms with Gasteiger partial charge in [-0.1, -0.05) is 0 Å². The van der Waals surface area contributed by atoms with Gasteiger partial charge in [0.1, 0.15) is 0 Å².